The van der Waals surface area contributed by atoms with Crippen molar-refractivity contribution in [1.82, 2.24) is 4.90 Å². The molecule has 7 nitrogen and oxygen atoms in total. The summed E-state index contributed by atoms with van der Waals surface area (Å²) in [6.45, 7) is 2.59. The summed E-state index contributed by atoms with van der Waals surface area (Å²) >= 11 is 0. The lowest BCUT2D eigenvalue weighted by Gasteiger charge is -2.46. The molecule has 1 unspecified atom stereocenters. The highest BCUT2D eigenvalue weighted by Crippen LogP contribution is 2.37. The molecule has 1 heterocycles. The van der Waals surface area contributed by atoms with Crippen molar-refractivity contribution < 1.29 is 28.3 Å². The smallest absolute Gasteiger partial charge is 0.268 e. The van der Waals surface area contributed by atoms with Gasteiger partial charge in [0.05, 0.1) is 5.60 Å². The van der Waals surface area contributed by atoms with Crippen molar-refractivity contribution in [3.63, 3.8) is 0 Å². The predicted molar refractivity (Wildman–Crippen MR) is 109 cm³/mol. The molecule has 2 atom stereocenters. The Kier molecular flexibility index (Phi) is 6.03. The van der Waals surface area contributed by atoms with E-state index in [1.54, 1.807) is 6.92 Å². The topological polar surface area (TPSA) is 118 Å². The molecule has 2 aromatic rings. The van der Waals surface area contributed by atoms with Gasteiger partial charge in [0.2, 0.25) is 0 Å². The monoisotopic (exact) mass is 421 g/mol. The SMILES string of the molecule is C[C@H](N1CCC(O)(c2ccccc2)CC1)C(O)(CS(=O)(=O)O)c1ccc(O)cc1. The van der Waals surface area contributed by atoms with Crippen LogP contribution < -0.4 is 0 Å². The number of aliphatic hydroxyl groups is 2. The number of phenols is 1. The number of aromatic hydroxyl groups is 1. The fourth-order valence-corrected chi connectivity index (χ4v) is 5.06. The van der Waals surface area contributed by atoms with E-state index in [9.17, 15) is 28.3 Å². The van der Waals surface area contributed by atoms with Crippen LogP contribution in [-0.2, 0) is 21.3 Å². The third-order valence-corrected chi connectivity index (χ3v) is 6.75. The fourth-order valence-electron chi connectivity index (χ4n) is 4.09. The van der Waals surface area contributed by atoms with E-state index in [4.69, 9.17) is 0 Å². The van der Waals surface area contributed by atoms with Gasteiger partial charge in [0.15, 0.2) is 0 Å². The summed E-state index contributed by atoms with van der Waals surface area (Å²) < 4.78 is 32.8. The van der Waals surface area contributed by atoms with Gasteiger partial charge in [0, 0.05) is 19.1 Å². The van der Waals surface area contributed by atoms with E-state index in [1.807, 2.05) is 35.2 Å². The van der Waals surface area contributed by atoms with Crippen molar-refractivity contribution in [3.05, 3.63) is 65.7 Å². The molecule has 4 N–H and O–H groups in total. The molecular weight excluding hydrogens is 394 g/mol. The van der Waals surface area contributed by atoms with Crippen LogP contribution in [0.3, 0.4) is 0 Å². The third-order valence-electron chi connectivity index (χ3n) is 5.94. The Morgan fingerprint density at radius 1 is 1.07 bits per heavy atom. The molecule has 0 saturated carbocycles. The number of likely N-dealkylation sites (tertiary alicyclic amines) is 1. The average molecular weight is 422 g/mol. The molecule has 0 aliphatic carbocycles. The first-order chi connectivity index (χ1) is 13.5. The Morgan fingerprint density at radius 2 is 1.62 bits per heavy atom. The summed E-state index contributed by atoms with van der Waals surface area (Å²) in [6, 6.07) is 14.3. The van der Waals surface area contributed by atoms with Crippen LogP contribution in [0.1, 0.15) is 30.9 Å². The molecule has 29 heavy (non-hydrogen) atoms. The molecule has 0 bridgehead atoms. The van der Waals surface area contributed by atoms with Crippen LogP contribution in [0.5, 0.6) is 5.75 Å². The molecule has 3 rings (SSSR count). The maximum absolute atomic E-state index is 11.7. The Balaban J connectivity index is 1.84. The van der Waals surface area contributed by atoms with Crippen molar-refractivity contribution in [2.75, 3.05) is 18.8 Å². The van der Waals surface area contributed by atoms with Crippen LogP contribution in [0.4, 0.5) is 0 Å². The molecule has 0 amide bonds. The van der Waals surface area contributed by atoms with Gasteiger partial charge in [-0.3, -0.25) is 9.45 Å². The summed E-state index contributed by atoms with van der Waals surface area (Å²) in [6.07, 6.45) is 0.859. The lowest BCUT2D eigenvalue weighted by atomic mass is 9.82. The summed E-state index contributed by atoms with van der Waals surface area (Å²) in [5, 5.41) is 31.9. The number of rotatable bonds is 6. The van der Waals surface area contributed by atoms with E-state index in [-0.39, 0.29) is 11.3 Å². The zero-order valence-corrected chi connectivity index (χ0v) is 17.1. The molecule has 0 spiro atoms. The van der Waals surface area contributed by atoms with Gasteiger partial charge in [-0.2, -0.15) is 8.42 Å². The number of nitrogens with zero attached hydrogens (tertiary/aromatic N) is 1. The van der Waals surface area contributed by atoms with Gasteiger partial charge in [-0.1, -0.05) is 42.5 Å². The Bertz CT molecular complexity index is 923. The zero-order valence-electron chi connectivity index (χ0n) is 16.3. The Morgan fingerprint density at radius 3 is 2.14 bits per heavy atom. The minimum absolute atomic E-state index is 0.0125. The van der Waals surface area contributed by atoms with Crippen molar-refractivity contribution in [2.45, 2.75) is 37.0 Å². The molecule has 2 aromatic carbocycles. The van der Waals surface area contributed by atoms with Crippen LogP contribution in [-0.4, -0.2) is 58.1 Å². The molecule has 0 radical (unpaired) electrons. The minimum Gasteiger partial charge on any atom is -0.508 e. The van der Waals surface area contributed by atoms with Crippen molar-refractivity contribution in [2.24, 2.45) is 0 Å². The first-order valence-electron chi connectivity index (χ1n) is 9.52. The number of piperidine rings is 1. The maximum Gasteiger partial charge on any atom is 0.268 e. The largest absolute Gasteiger partial charge is 0.508 e. The van der Waals surface area contributed by atoms with Crippen molar-refractivity contribution >= 4 is 10.1 Å². The fraction of sp³-hybridized carbons (Fsp3) is 0.429. The van der Waals surface area contributed by atoms with Gasteiger partial charge in [-0.05, 0) is 43.0 Å². The number of hydrogen-bond acceptors (Lipinski definition) is 6. The van der Waals surface area contributed by atoms with Crippen LogP contribution >= 0.6 is 0 Å². The van der Waals surface area contributed by atoms with Crippen molar-refractivity contribution in [1.29, 1.82) is 0 Å². The third kappa shape index (κ3) is 4.79. The lowest BCUT2D eigenvalue weighted by molar-refractivity contribution is -0.0779. The zero-order chi connectivity index (χ0) is 21.3. The molecule has 1 saturated heterocycles. The van der Waals surface area contributed by atoms with E-state index in [0.29, 0.717) is 25.9 Å². The summed E-state index contributed by atoms with van der Waals surface area (Å²) in [7, 11) is -4.48. The van der Waals surface area contributed by atoms with E-state index < -0.39 is 33.1 Å². The van der Waals surface area contributed by atoms with E-state index in [1.165, 1.54) is 24.3 Å². The van der Waals surface area contributed by atoms with Gasteiger partial charge in [0.1, 0.15) is 17.1 Å². The summed E-state index contributed by atoms with van der Waals surface area (Å²) in [5.41, 5.74) is -1.75. The van der Waals surface area contributed by atoms with E-state index in [2.05, 4.69) is 0 Å². The van der Waals surface area contributed by atoms with Gasteiger partial charge >= 0.3 is 0 Å². The average Bonchev–Trinajstić information content (AvgIpc) is 2.68. The van der Waals surface area contributed by atoms with Gasteiger partial charge in [-0.15, -0.1) is 0 Å². The highest BCUT2D eigenvalue weighted by atomic mass is 32.2. The molecule has 0 aromatic heterocycles. The normalized spacial score (nSPS) is 20.7. The summed E-state index contributed by atoms with van der Waals surface area (Å²) in [5.74, 6) is -0.882. The second kappa shape index (κ2) is 8.04. The van der Waals surface area contributed by atoms with E-state index >= 15 is 0 Å². The predicted octanol–water partition coefficient (Wildman–Crippen LogP) is 1.84. The molecule has 8 heteroatoms. The standard InChI is InChI=1S/C21H27NO6S/c1-16(21(25,15-29(26,27)28)18-7-9-19(23)10-8-18)22-13-11-20(24,12-14-22)17-5-3-2-4-6-17/h2-10,16,23-25H,11-15H2,1H3,(H,26,27,28)/t16-,21?/m0/s1. The molecule has 1 fully saturated rings. The Labute approximate surface area is 171 Å². The van der Waals surface area contributed by atoms with Crippen LogP contribution in [0, 0.1) is 0 Å². The van der Waals surface area contributed by atoms with Crippen LogP contribution in [0.25, 0.3) is 0 Å². The minimum atomic E-state index is -4.48. The van der Waals surface area contributed by atoms with Gasteiger partial charge in [0.25, 0.3) is 10.1 Å². The number of benzene rings is 2. The van der Waals surface area contributed by atoms with Crippen molar-refractivity contribution in [3.8, 4) is 5.75 Å². The Hall–Kier alpha value is -1.97. The number of phenolic OH excluding ortho intramolecular Hbond substituents is 1. The highest BCUT2D eigenvalue weighted by Gasteiger charge is 2.45. The van der Waals surface area contributed by atoms with Crippen LogP contribution in [0.2, 0.25) is 0 Å². The van der Waals surface area contributed by atoms with Gasteiger partial charge in [-0.25, -0.2) is 0 Å². The first-order valence-corrected chi connectivity index (χ1v) is 11.1. The highest BCUT2D eigenvalue weighted by molar-refractivity contribution is 7.85. The van der Waals surface area contributed by atoms with Crippen LogP contribution in [0.15, 0.2) is 54.6 Å². The first kappa shape index (κ1) is 21.7. The number of hydrogen-bond donors (Lipinski definition) is 4. The van der Waals surface area contributed by atoms with Gasteiger partial charge < -0.3 is 15.3 Å². The molecule has 1 aliphatic heterocycles. The summed E-state index contributed by atoms with van der Waals surface area (Å²) in [4.78, 5) is 1.91. The molecule has 1 aliphatic rings. The quantitative estimate of drug-likeness (QED) is 0.526. The molecular formula is C21H27NO6S. The lowest BCUT2D eigenvalue weighted by Crippen LogP contribution is -2.56. The second-order valence-corrected chi connectivity index (χ2v) is 9.26. The second-order valence-electron chi connectivity index (χ2n) is 7.81. The maximum atomic E-state index is 11.7. The molecule has 158 valence electrons. The van der Waals surface area contributed by atoms with E-state index in [0.717, 1.165) is 5.56 Å².